The maximum Gasteiger partial charge on any atom is 0.192 e. The molecule has 1 aromatic heterocycles. The number of nitrogens with zero attached hydrogens (tertiary/aromatic N) is 2. The average molecular weight is 164 g/mol. The molecule has 0 aliphatic rings. The predicted octanol–water partition coefficient (Wildman–Crippen LogP) is 1.49. The Kier molecular flexibility index (Phi) is 2.91. The van der Waals surface area contributed by atoms with Crippen molar-refractivity contribution in [1.29, 1.82) is 0 Å². The van der Waals surface area contributed by atoms with Crippen molar-refractivity contribution in [3.05, 3.63) is 23.8 Å². The van der Waals surface area contributed by atoms with Crippen LogP contribution < -0.4 is 0 Å². The molecule has 0 aromatic carbocycles. The molecule has 3 heteroatoms. The summed E-state index contributed by atoms with van der Waals surface area (Å²) in [6.07, 6.45) is 5.02. The molecule has 0 amide bonds. The largest absolute Gasteiger partial charge is 0.294 e. The first-order chi connectivity index (χ1) is 5.72. The van der Waals surface area contributed by atoms with Crippen molar-refractivity contribution in [3.63, 3.8) is 0 Å². The number of hydrogen-bond acceptors (Lipinski definition) is 3. The number of rotatable bonds is 3. The normalized spacial score (nSPS) is 10.2. The van der Waals surface area contributed by atoms with E-state index in [1.54, 1.807) is 12.4 Å². The Morgan fingerprint density at radius 3 is 2.42 bits per heavy atom. The first-order valence-electron chi connectivity index (χ1n) is 3.98. The zero-order valence-corrected chi connectivity index (χ0v) is 7.32. The molecule has 0 atom stereocenters. The van der Waals surface area contributed by atoms with E-state index in [1.807, 2.05) is 0 Å². The third kappa shape index (κ3) is 2.42. The maximum absolute atomic E-state index is 10.2. The van der Waals surface area contributed by atoms with Gasteiger partial charge in [-0.1, -0.05) is 13.8 Å². The van der Waals surface area contributed by atoms with Crippen molar-refractivity contribution in [2.45, 2.75) is 20.3 Å². The molecule has 0 N–H and O–H groups in total. The van der Waals surface area contributed by atoms with Crippen LogP contribution in [-0.4, -0.2) is 16.3 Å². The van der Waals surface area contributed by atoms with Crippen LogP contribution in [0.3, 0.4) is 0 Å². The van der Waals surface area contributed by atoms with E-state index < -0.39 is 0 Å². The summed E-state index contributed by atoms with van der Waals surface area (Å²) in [6.45, 7) is 4.27. The summed E-state index contributed by atoms with van der Waals surface area (Å²) < 4.78 is 0. The first kappa shape index (κ1) is 8.84. The fraction of sp³-hybridized carbons (Fsp3) is 0.444. The van der Waals surface area contributed by atoms with Crippen molar-refractivity contribution in [2.75, 3.05) is 0 Å². The Balaban J connectivity index is 2.71. The predicted molar refractivity (Wildman–Crippen MR) is 46.0 cm³/mol. The third-order valence-corrected chi connectivity index (χ3v) is 1.47. The molecule has 0 bridgehead atoms. The van der Waals surface area contributed by atoms with E-state index in [-0.39, 0.29) is 5.82 Å². The van der Waals surface area contributed by atoms with Crippen LogP contribution in [0.15, 0.2) is 12.4 Å². The Bertz CT molecular complexity index is 254. The molecule has 1 heterocycles. The van der Waals surface area contributed by atoms with Crippen LogP contribution in [0, 0.1) is 5.92 Å². The SMILES string of the molecule is CC(C)Cc1cnc(C=O)nc1. The summed E-state index contributed by atoms with van der Waals surface area (Å²) in [5, 5.41) is 0. The van der Waals surface area contributed by atoms with Crippen molar-refractivity contribution in [2.24, 2.45) is 5.92 Å². The summed E-state index contributed by atoms with van der Waals surface area (Å²) in [5.74, 6) is 0.846. The van der Waals surface area contributed by atoms with Gasteiger partial charge in [0.2, 0.25) is 0 Å². The lowest BCUT2D eigenvalue weighted by atomic mass is 10.1. The highest BCUT2D eigenvalue weighted by atomic mass is 16.1. The summed E-state index contributed by atoms with van der Waals surface area (Å²) in [7, 11) is 0. The Morgan fingerprint density at radius 1 is 1.42 bits per heavy atom. The quantitative estimate of drug-likeness (QED) is 0.635. The van der Waals surface area contributed by atoms with Gasteiger partial charge in [0.15, 0.2) is 12.1 Å². The van der Waals surface area contributed by atoms with Gasteiger partial charge in [-0.3, -0.25) is 4.79 Å². The van der Waals surface area contributed by atoms with Crippen LogP contribution in [-0.2, 0) is 6.42 Å². The van der Waals surface area contributed by atoms with E-state index in [9.17, 15) is 4.79 Å². The van der Waals surface area contributed by atoms with Crippen molar-refractivity contribution < 1.29 is 4.79 Å². The minimum absolute atomic E-state index is 0.252. The second kappa shape index (κ2) is 3.95. The Hall–Kier alpha value is -1.25. The molecular weight excluding hydrogens is 152 g/mol. The van der Waals surface area contributed by atoms with Crippen LogP contribution in [0.4, 0.5) is 0 Å². The van der Waals surface area contributed by atoms with Crippen LogP contribution in [0.25, 0.3) is 0 Å². The second-order valence-corrected chi connectivity index (χ2v) is 3.17. The maximum atomic E-state index is 10.2. The summed E-state index contributed by atoms with van der Waals surface area (Å²) in [5.41, 5.74) is 1.08. The van der Waals surface area contributed by atoms with Gasteiger partial charge in [-0.25, -0.2) is 9.97 Å². The van der Waals surface area contributed by atoms with Gasteiger partial charge in [-0.15, -0.1) is 0 Å². The molecule has 0 aliphatic heterocycles. The number of carbonyl (C=O) groups excluding carboxylic acids is 1. The third-order valence-electron chi connectivity index (χ3n) is 1.47. The smallest absolute Gasteiger partial charge is 0.192 e. The zero-order chi connectivity index (χ0) is 8.97. The number of aldehydes is 1. The molecule has 0 saturated carbocycles. The molecule has 3 nitrogen and oxygen atoms in total. The zero-order valence-electron chi connectivity index (χ0n) is 7.32. The summed E-state index contributed by atoms with van der Waals surface area (Å²) in [6, 6.07) is 0. The fourth-order valence-electron chi connectivity index (χ4n) is 1.00. The highest BCUT2D eigenvalue weighted by Crippen LogP contribution is 2.04. The van der Waals surface area contributed by atoms with E-state index >= 15 is 0 Å². The summed E-state index contributed by atoms with van der Waals surface area (Å²) in [4.78, 5) is 18.0. The van der Waals surface area contributed by atoms with Crippen LogP contribution in [0.2, 0.25) is 0 Å². The second-order valence-electron chi connectivity index (χ2n) is 3.17. The van der Waals surface area contributed by atoms with Gasteiger partial charge in [-0.2, -0.15) is 0 Å². The van der Waals surface area contributed by atoms with Gasteiger partial charge in [0.25, 0.3) is 0 Å². The average Bonchev–Trinajstić information content (AvgIpc) is 2.05. The van der Waals surface area contributed by atoms with Crippen LogP contribution in [0.1, 0.15) is 30.0 Å². The molecule has 0 unspecified atom stereocenters. The van der Waals surface area contributed by atoms with Crippen molar-refractivity contribution in [3.8, 4) is 0 Å². The minimum Gasteiger partial charge on any atom is -0.294 e. The number of carbonyl (C=O) groups is 1. The van der Waals surface area contributed by atoms with Crippen LogP contribution in [0.5, 0.6) is 0 Å². The van der Waals surface area contributed by atoms with E-state index in [0.717, 1.165) is 12.0 Å². The molecule has 0 radical (unpaired) electrons. The highest BCUT2D eigenvalue weighted by Gasteiger charge is 1.98. The van der Waals surface area contributed by atoms with E-state index in [1.165, 1.54) is 0 Å². The monoisotopic (exact) mass is 164 g/mol. The van der Waals surface area contributed by atoms with Gasteiger partial charge in [0.1, 0.15) is 0 Å². The lowest BCUT2D eigenvalue weighted by molar-refractivity contribution is 0.111. The molecular formula is C9H12N2O. The number of aromatic nitrogens is 2. The Labute approximate surface area is 71.9 Å². The topological polar surface area (TPSA) is 42.9 Å². The van der Waals surface area contributed by atoms with Crippen molar-refractivity contribution in [1.82, 2.24) is 9.97 Å². The van der Waals surface area contributed by atoms with Crippen LogP contribution >= 0.6 is 0 Å². The summed E-state index contributed by atoms with van der Waals surface area (Å²) >= 11 is 0. The molecule has 1 aromatic rings. The van der Waals surface area contributed by atoms with Gasteiger partial charge in [0.05, 0.1) is 0 Å². The lowest BCUT2D eigenvalue weighted by Gasteiger charge is -2.02. The van der Waals surface area contributed by atoms with Gasteiger partial charge in [0, 0.05) is 12.4 Å². The molecule has 0 saturated heterocycles. The molecule has 64 valence electrons. The fourth-order valence-corrected chi connectivity index (χ4v) is 1.00. The van der Waals surface area contributed by atoms with Crippen molar-refractivity contribution >= 4 is 6.29 Å². The van der Waals surface area contributed by atoms with E-state index in [4.69, 9.17) is 0 Å². The number of hydrogen-bond donors (Lipinski definition) is 0. The minimum atomic E-state index is 0.252. The molecule has 0 aliphatic carbocycles. The Morgan fingerprint density at radius 2 is 2.00 bits per heavy atom. The standard InChI is InChI=1S/C9H12N2O/c1-7(2)3-8-4-10-9(6-12)11-5-8/h4-7H,3H2,1-2H3. The molecule has 0 spiro atoms. The van der Waals surface area contributed by atoms with E-state index in [0.29, 0.717) is 12.2 Å². The lowest BCUT2D eigenvalue weighted by Crippen LogP contribution is -1.98. The van der Waals surface area contributed by atoms with Gasteiger partial charge in [-0.05, 0) is 17.9 Å². The van der Waals surface area contributed by atoms with Gasteiger partial charge < -0.3 is 0 Å². The first-order valence-corrected chi connectivity index (χ1v) is 3.98. The van der Waals surface area contributed by atoms with Gasteiger partial charge >= 0.3 is 0 Å². The highest BCUT2D eigenvalue weighted by molar-refractivity contribution is 5.68. The van der Waals surface area contributed by atoms with E-state index in [2.05, 4.69) is 23.8 Å². The molecule has 1 rings (SSSR count). The molecule has 0 fully saturated rings. The molecule has 12 heavy (non-hydrogen) atoms.